The van der Waals surface area contributed by atoms with Crippen LogP contribution in [-0.2, 0) is 0 Å². The number of imidazole rings is 1. The summed E-state index contributed by atoms with van der Waals surface area (Å²) in [5.74, 6) is -1.04. The first-order valence-corrected chi connectivity index (χ1v) is 2.56. The quantitative estimate of drug-likeness (QED) is 0.556. The molecule has 1 rings (SSSR count). The van der Waals surface area contributed by atoms with Crippen LogP contribution in [0.25, 0.3) is 0 Å². The number of carboxylic acid groups (broad SMARTS) is 1. The molecule has 0 radical (unpaired) electrons. The molecule has 0 saturated heterocycles. The molecule has 0 bridgehead atoms. The molecule has 0 spiro atoms. The van der Waals surface area contributed by atoms with Gasteiger partial charge >= 0.3 is 5.97 Å². The standard InChI is InChI=1S/C4H4N2O2S/c7-4(8)3-1-6(9)2-5-3/h1-2,9H,(H,7,8). The van der Waals surface area contributed by atoms with Gasteiger partial charge in [0.25, 0.3) is 0 Å². The van der Waals surface area contributed by atoms with E-state index in [0.29, 0.717) is 0 Å². The van der Waals surface area contributed by atoms with Crippen LogP contribution in [0, 0.1) is 0 Å². The van der Waals surface area contributed by atoms with Crippen molar-refractivity contribution in [3.63, 3.8) is 0 Å². The van der Waals surface area contributed by atoms with Gasteiger partial charge in [0.1, 0.15) is 6.33 Å². The molecule has 0 unspecified atom stereocenters. The minimum Gasteiger partial charge on any atom is -0.476 e. The smallest absolute Gasteiger partial charge is 0.356 e. The summed E-state index contributed by atoms with van der Waals surface area (Å²) in [5.41, 5.74) is 0.00463. The van der Waals surface area contributed by atoms with Gasteiger partial charge < -0.3 is 5.11 Å². The second-order valence-electron chi connectivity index (χ2n) is 1.44. The molecule has 0 saturated carbocycles. The molecule has 48 valence electrons. The van der Waals surface area contributed by atoms with Crippen molar-refractivity contribution in [3.8, 4) is 0 Å². The Balaban J connectivity index is 2.98. The normalized spacial score (nSPS) is 9.44. The Morgan fingerprint density at radius 3 is 2.78 bits per heavy atom. The molecule has 4 nitrogen and oxygen atoms in total. The highest BCUT2D eigenvalue weighted by Gasteiger charge is 2.03. The first-order valence-electron chi connectivity index (χ1n) is 2.16. The summed E-state index contributed by atoms with van der Waals surface area (Å²) in [6.45, 7) is 0. The number of hydrogen-bond acceptors (Lipinski definition) is 3. The summed E-state index contributed by atoms with van der Waals surface area (Å²) in [5, 5.41) is 8.29. The third-order valence-electron chi connectivity index (χ3n) is 0.789. The molecule has 9 heavy (non-hydrogen) atoms. The maximum absolute atomic E-state index is 10.1. The number of carboxylic acids is 1. The Morgan fingerprint density at radius 2 is 2.56 bits per heavy atom. The van der Waals surface area contributed by atoms with E-state index in [2.05, 4.69) is 17.8 Å². The maximum Gasteiger partial charge on any atom is 0.356 e. The maximum atomic E-state index is 10.1. The molecule has 0 aliphatic carbocycles. The van der Waals surface area contributed by atoms with Crippen molar-refractivity contribution in [2.75, 3.05) is 0 Å². The zero-order chi connectivity index (χ0) is 6.85. The van der Waals surface area contributed by atoms with Crippen LogP contribution in [0.3, 0.4) is 0 Å². The fourth-order valence-corrected chi connectivity index (χ4v) is 0.585. The van der Waals surface area contributed by atoms with Crippen LogP contribution < -0.4 is 0 Å². The summed E-state index contributed by atoms with van der Waals surface area (Å²) in [4.78, 5) is 13.6. The lowest BCUT2D eigenvalue weighted by Crippen LogP contribution is -1.94. The van der Waals surface area contributed by atoms with Gasteiger partial charge in [-0.3, -0.25) is 3.97 Å². The number of thiol groups is 1. The fraction of sp³-hybridized carbons (Fsp3) is 0. The van der Waals surface area contributed by atoms with Crippen molar-refractivity contribution in [2.45, 2.75) is 0 Å². The van der Waals surface area contributed by atoms with Gasteiger partial charge in [-0.2, -0.15) is 0 Å². The first kappa shape index (κ1) is 6.15. The van der Waals surface area contributed by atoms with E-state index in [0.717, 1.165) is 0 Å². The lowest BCUT2D eigenvalue weighted by Gasteiger charge is -1.80. The van der Waals surface area contributed by atoms with Crippen LogP contribution in [0.1, 0.15) is 10.5 Å². The Morgan fingerprint density at radius 1 is 1.89 bits per heavy atom. The van der Waals surface area contributed by atoms with Crippen LogP contribution in [0.15, 0.2) is 12.5 Å². The van der Waals surface area contributed by atoms with Gasteiger partial charge in [-0.25, -0.2) is 9.78 Å². The van der Waals surface area contributed by atoms with Crippen molar-refractivity contribution >= 4 is 18.8 Å². The van der Waals surface area contributed by atoms with E-state index in [4.69, 9.17) is 5.11 Å². The van der Waals surface area contributed by atoms with Crippen LogP contribution in [0.2, 0.25) is 0 Å². The predicted octanol–water partition coefficient (Wildman–Crippen LogP) is 0.274. The lowest BCUT2D eigenvalue weighted by molar-refractivity contribution is 0.0691. The Labute approximate surface area is 56.7 Å². The highest BCUT2D eigenvalue weighted by Crippen LogP contribution is 1.95. The highest BCUT2D eigenvalue weighted by molar-refractivity contribution is 7.78. The third-order valence-corrected chi connectivity index (χ3v) is 1.01. The number of carbonyl (C=O) groups is 1. The van der Waals surface area contributed by atoms with Gasteiger partial charge in [-0.1, -0.05) is 12.8 Å². The van der Waals surface area contributed by atoms with Crippen molar-refractivity contribution < 1.29 is 9.90 Å². The second-order valence-corrected chi connectivity index (χ2v) is 1.91. The second kappa shape index (κ2) is 2.10. The topological polar surface area (TPSA) is 55.1 Å². The van der Waals surface area contributed by atoms with E-state index < -0.39 is 5.97 Å². The Hall–Kier alpha value is -0.970. The van der Waals surface area contributed by atoms with Gasteiger partial charge in [0.2, 0.25) is 0 Å². The summed E-state index contributed by atoms with van der Waals surface area (Å²) in [6.07, 6.45) is 2.62. The third kappa shape index (κ3) is 1.23. The summed E-state index contributed by atoms with van der Waals surface area (Å²) in [6, 6.07) is 0. The average Bonchev–Trinajstić information content (AvgIpc) is 2.14. The van der Waals surface area contributed by atoms with Gasteiger partial charge in [0, 0.05) is 0 Å². The van der Waals surface area contributed by atoms with Gasteiger partial charge in [0.15, 0.2) is 5.69 Å². The van der Waals surface area contributed by atoms with Crippen LogP contribution in [0.4, 0.5) is 0 Å². The largest absolute Gasteiger partial charge is 0.476 e. The first-order chi connectivity index (χ1) is 4.20. The Kier molecular flexibility index (Phi) is 1.44. The fourth-order valence-electron chi connectivity index (χ4n) is 0.424. The minimum absolute atomic E-state index is 0.00463. The molecule has 0 aliphatic heterocycles. The molecule has 0 amide bonds. The van der Waals surface area contributed by atoms with Crippen molar-refractivity contribution in [1.29, 1.82) is 0 Å². The number of rotatable bonds is 1. The van der Waals surface area contributed by atoms with Crippen LogP contribution >= 0.6 is 12.8 Å². The Bertz CT molecular complexity index is 232. The minimum atomic E-state index is -1.04. The molecular weight excluding hydrogens is 140 g/mol. The molecule has 1 heterocycles. The van der Waals surface area contributed by atoms with E-state index in [9.17, 15) is 4.79 Å². The summed E-state index contributed by atoms with van der Waals surface area (Å²) < 4.78 is 1.28. The van der Waals surface area contributed by atoms with Crippen molar-refractivity contribution in [2.24, 2.45) is 0 Å². The number of nitrogens with zero attached hydrogens (tertiary/aromatic N) is 2. The van der Waals surface area contributed by atoms with Gasteiger partial charge in [-0.15, -0.1) is 0 Å². The van der Waals surface area contributed by atoms with Gasteiger partial charge in [-0.05, 0) is 0 Å². The molecule has 0 atom stereocenters. The highest BCUT2D eigenvalue weighted by atomic mass is 32.1. The van der Waals surface area contributed by atoms with Gasteiger partial charge in [0.05, 0.1) is 6.20 Å². The zero-order valence-corrected chi connectivity index (χ0v) is 5.25. The molecule has 0 aromatic carbocycles. The summed E-state index contributed by atoms with van der Waals surface area (Å²) in [7, 11) is 0. The van der Waals surface area contributed by atoms with Crippen molar-refractivity contribution in [3.05, 3.63) is 18.2 Å². The van der Waals surface area contributed by atoms with E-state index >= 15 is 0 Å². The van der Waals surface area contributed by atoms with Crippen molar-refractivity contribution in [1.82, 2.24) is 8.96 Å². The van der Waals surface area contributed by atoms with Crippen LogP contribution in [0.5, 0.6) is 0 Å². The number of aromatic carboxylic acids is 1. The SMILES string of the molecule is O=C(O)c1cn(S)cn1. The van der Waals surface area contributed by atoms with Crippen LogP contribution in [-0.4, -0.2) is 20.0 Å². The predicted molar refractivity (Wildman–Crippen MR) is 33.6 cm³/mol. The molecular formula is C4H4N2O2S. The molecule has 1 N–H and O–H groups in total. The van der Waals surface area contributed by atoms with E-state index in [1.54, 1.807) is 0 Å². The molecule has 1 aromatic heterocycles. The van der Waals surface area contributed by atoms with E-state index in [1.165, 1.54) is 16.5 Å². The molecule has 5 heteroatoms. The monoisotopic (exact) mass is 144 g/mol. The molecule has 0 fully saturated rings. The lowest BCUT2D eigenvalue weighted by atomic mass is 10.5. The number of hydrogen-bond donors (Lipinski definition) is 2. The van der Waals surface area contributed by atoms with E-state index in [1.807, 2.05) is 0 Å². The zero-order valence-electron chi connectivity index (χ0n) is 4.35. The average molecular weight is 144 g/mol. The summed E-state index contributed by atoms with van der Waals surface area (Å²) >= 11 is 3.79. The number of aromatic nitrogens is 2. The molecule has 0 aliphatic rings. The molecule has 1 aromatic rings. The van der Waals surface area contributed by atoms with E-state index in [-0.39, 0.29) is 5.69 Å².